The van der Waals surface area contributed by atoms with E-state index in [1.807, 2.05) is 18.2 Å². The lowest BCUT2D eigenvalue weighted by molar-refractivity contribution is 0.102. The fourth-order valence-corrected chi connectivity index (χ4v) is 4.30. The highest BCUT2D eigenvalue weighted by atomic mass is 79.9. The molecule has 0 radical (unpaired) electrons. The summed E-state index contributed by atoms with van der Waals surface area (Å²) < 4.78 is 8.30. The smallest absolute Gasteiger partial charge is 0.256 e. The molecule has 0 atom stereocenters. The van der Waals surface area contributed by atoms with Crippen LogP contribution in [0.1, 0.15) is 21.5 Å². The minimum atomic E-state index is -0.264. The van der Waals surface area contributed by atoms with Gasteiger partial charge in [-0.1, -0.05) is 68.9 Å². The molecule has 1 N–H and O–H groups in total. The molecule has 4 rings (SSSR count). The maximum Gasteiger partial charge on any atom is 0.256 e. The number of carbonyl (C=O) groups excluding carboxylic acids is 1. The molecule has 3 aromatic carbocycles. The average Bonchev–Trinajstić information content (AvgIpc) is 3.23. The number of anilines is 1. The van der Waals surface area contributed by atoms with Gasteiger partial charge in [0.05, 0.1) is 11.6 Å². The molecule has 4 aromatic rings. The van der Waals surface area contributed by atoms with Crippen LogP contribution in [0.25, 0.3) is 0 Å². The second kappa shape index (κ2) is 10.6. The van der Waals surface area contributed by atoms with Crippen molar-refractivity contribution in [2.75, 3.05) is 5.32 Å². The average molecular weight is 566 g/mol. The van der Waals surface area contributed by atoms with Crippen LogP contribution >= 0.6 is 50.7 Å². The van der Waals surface area contributed by atoms with Gasteiger partial charge in [-0.15, -0.1) is 0 Å². The number of aromatic nitrogens is 2. The molecule has 1 aromatic heterocycles. The molecular formula is C24H17BrCl3N3O2. The Kier molecular flexibility index (Phi) is 7.60. The van der Waals surface area contributed by atoms with Gasteiger partial charge in [-0.05, 0) is 48.0 Å². The van der Waals surface area contributed by atoms with E-state index >= 15 is 0 Å². The van der Waals surface area contributed by atoms with Gasteiger partial charge in [0.1, 0.15) is 12.4 Å². The summed E-state index contributed by atoms with van der Waals surface area (Å²) in [7, 11) is 0. The van der Waals surface area contributed by atoms with Crippen LogP contribution in [0.2, 0.25) is 15.1 Å². The van der Waals surface area contributed by atoms with Crippen LogP contribution in [0, 0.1) is 0 Å². The number of hydrogen-bond acceptors (Lipinski definition) is 3. The Bertz CT molecular complexity index is 1270. The number of ether oxygens (including phenoxy) is 1. The molecular weight excluding hydrogens is 549 g/mol. The lowest BCUT2D eigenvalue weighted by Gasteiger charge is -2.09. The van der Waals surface area contributed by atoms with E-state index in [4.69, 9.17) is 39.5 Å². The molecule has 0 aliphatic heterocycles. The first-order valence-corrected chi connectivity index (χ1v) is 11.8. The Balaban J connectivity index is 1.35. The van der Waals surface area contributed by atoms with E-state index in [-0.39, 0.29) is 5.91 Å². The van der Waals surface area contributed by atoms with Crippen molar-refractivity contribution >= 4 is 62.5 Å². The van der Waals surface area contributed by atoms with Crippen molar-refractivity contribution in [3.8, 4) is 5.75 Å². The monoisotopic (exact) mass is 563 g/mol. The molecule has 0 aliphatic carbocycles. The van der Waals surface area contributed by atoms with Gasteiger partial charge in [0.25, 0.3) is 5.91 Å². The zero-order valence-corrected chi connectivity index (χ0v) is 20.9. The van der Waals surface area contributed by atoms with Gasteiger partial charge in [0.15, 0.2) is 5.82 Å². The number of nitrogens with one attached hydrogen (secondary N) is 1. The fourth-order valence-electron chi connectivity index (χ4n) is 3.06. The Labute approximate surface area is 214 Å². The minimum absolute atomic E-state index is 0.264. The molecule has 0 saturated carbocycles. The summed E-state index contributed by atoms with van der Waals surface area (Å²) in [4.78, 5) is 12.6. The van der Waals surface area contributed by atoms with E-state index < -0.39 is 0 Å². The molecule has 9 heteroatoms. The van der Waals surface area contributed by atoms with Crippen LogP contribution in [-0.2, 0) is 13.2 Å². The highest BCUT2D eigenvalue weighted by Gasteiger charge is 2.11. The number of carbonyl (C=O) groups is 1. The number of hydrogen-bond donors (Lipinski definition) is 1. The quantitative estimate of drug-likeness (QED) is 0.253. The molecule has 0 aliphatic rings. The van der Waals surface area contributed by atoms with Gasteiger partial charge in [0.2, 0.25) is 0 Å². The molecule has 0 bridgehead atoms. The Morgan fingerprint density at radius 2 is 1.70 bits per heavy atom. The Morgan fingerprint density at radius 3 is 2.39 bits per heavy atom. The van der Waals surface area contributed by atoms with Gasteiger partial charge in [-0.3, -0.25) is 9.48 Å². The number of halogens is 4. The summed E-state index contributed by atoms with van der Waals surface area (Å²) >= 11 is 22.0. The van der Waals surface area contributed by atoms with Crippen molar-refractivity contribution in [1.29, 1.82) is 0 Å². The van der Waals surface area contributed by atoms with Crippen LogP contribution in [0.5, 0.6) is 5.75 Å². The highest BCUT2D eigenvalue weighted by molar-refractivity contribution is 9.10. The first kappa shape index (κ1) is 23.6. The van der Waals surface area contributed by atoms with Crippen molar-refractivity contribution in [1.82, 2.24) is 9.78 Å². The molecule has 1 heterocycles. The first-order chi connectivity index (χ1) is 15.9. The van der Waals surface area contributed by atoms with Crippen molar-refractivity contribution in [2.24, 2.45) is 0 Å². The number of nitrogens with zero attached hydrogens (tertiary/aromatic N) is 2. The normalized spacial score (nSPS) is 10.8. The van der Waals surface area contributed by atoms with Crippen LogP contribution in [0.15, 0.2) is 77.4 Å². The molecule has 0 fully saturated rings. The summed E-state index contributed by atoms with van der Waals surface area (Å²) in [6, 6.07) is 19.6. The van der Waals surface area contributed by atoms with E-state index in [1.54, 1.807) is 59.4 Å². The third-order valence-corrected chi connectivity index (χ3v) is 6.27. The van der Waals surface area contributed by atoms with E-state index in [2.05, 4.69) is 26.3 Å². The van der Waals surface area contributed by atoms with Crippen LogP contribution < -0.4 is 10.1 Å². The van der Waals surface area contributed by atoms with Crippen molar-refractivity contribution < 1.29 is 9.53 Å². The van der Waals surface area contributed by atoms with E-state index in [0.29, 0.717) is 45.4 Å². The van der Waals surface area contributed by atoms with Crippen LogP contribution in [0.3, 0.4) is 0 Å². The van der Waals surface area contributed by atoms with Gasteiger partial charge in [-0.2, -0.15) is 5.10 Å². The Morgan fingerprint density at radius 1 is 0.970 bits per heavy atom. The maximum absolute atomic E-state index is 12.6. The lowest BCUT2D eigenvalue weighted by Crippen LogP contribution is -2.13. The summed E-state index contributed by atoms with van der Waals surface area (Å²) in [5.41, 5.74) is 2.18. The predicted octanol–water partition coefficient (Wildman–Crippen LogP) is 7.49. The summed E-state index contributed by atoms with van der Waals surface area (Å²) in [6.07, 6.45) is 1.75. The topological polar surface area (TPSA) is 56.2 Å². The van der Waals surface area contributed by atoms with E-state index in [1.165, 1.54) is 0 Å². The number of rotatable bonds is 7. The zero-order chi connectivity index (χ0) is 23.4. The molecule has 168 valence electrons. The molecule has 0 saturated heterocycles. The lowest BCUT2D eigenvalue weighted by atomic mass is 10.1. The molecule has 1 amide bonds. The Hall–Kier alpha value is -2.51. The third-order valence-electron chi connectivity index (χ3n) is 4.77. The van der Waals surface area contributed by atoms with Crippen LogP contribution in [-0.4, -0.2) is 15.7 Å². The minimum Gasteiger partial charge on any atom is -0.487 e. The number of benzene rings is 3. The molecule has 0 unspecified atom stereocenters. The highest BCUT2D eigenvalue weighted by Crippen LogP contribution is 2.28. The maximum atomic E-state index is 12.6. The van der Waals surface area contributed by atoms with E-state index in [9.17, 15) is 4.79 Å². The van der Waals surface area contributed by atoms with Crippen LogP contribution in [0.4, 0.5) is 5.82 Å². The fraction of sp³-hybridized carbons (Fsp3) is 0.0833. The SMILES string of the molecule is O=C(Nc1ccn(Cc2c(Cl)cccc2Cl)n1)c1ccc(COc2ccc(Br)cc2Cl)cc1. The summed E-state index contributed by atoms with van der Waals surface area (Å²) in [5, 5.41) is 8.83. The summed E-state index contributed by atoms with van der Waals surface area (Å²) in [6.45, 7) is 0.726. The number of amides is 1. The first-order valence-electron chi connectivity index (χ1n) is 9.83. The van der Waals surface area contributed by atoms with Gasteiger partial charge < -0.3 is 10.1 Å². The molecule has 5 nitrogen and oxygen atoms in total. The predicted molar refractivity (Wildman–Crippen MR) is 136 cm³/mol. The van der Waals surface area contributed by atoms with E-state index in [0.717, 1.165) is 15.6 Å². The van der Waals surface area contributed by atoms with Gasteiger partial charge in [-0.25, -0.2) is 0 Å². The zero-order valence-electron chi connectivity index (χ0n) is 17.1. The van der Waals surface area contributed by atoms with Crippen molar-refractivity contribution in [3.05, 3.63) is 109 Å². The molecule has 0 spiro atoms. The van der Waals surface area contributed by atoms with Gasteiger partial charge in [0, 0.05) is 37.9 Å². The largest absolute Gasteiger partial charge is 0.487 e. The van der Waals surface area contributed by atoms with Crippen molar-refractivity contribution in [3.63, 3.8) is 0 Å². The standard InChI is InChI=1S/C24H17BrCl3N3O2/c25-17-8-9-22(21(28)12-17)33-14-15-4-6-16(7-5-15)24(32)29-23-10-11-31(30-23)13-18-19(26)2-1-3-20(18)27/h1-12H,13-14H2,(H,29,30,32). The summed E-state index contributed by atoms with van der Waals surface area (Å²) in [5.74, 6) is 0.760. The van der Waals surface area contributed by atoms with Gasteiger partial charge >= 0.3 is 0 Å². The van der Waals surface area contributed by atoms with Crippen molar-refractivity contribution in [2.45, 2.75) is 13.2 Å². The third kappa shape index (κ3) is 6.09. The second-order valence-electron chi connectivity index (χ2n) is 7.11. The molecule has 33 heavy (non-hydrogen) atoms. The second-order valence-corrected chi connectivity index (χ2v) is 9.25.